The Kier molecular flexibility index (Phi) is 4.22. The van der Waals surface area contributed by atoms with Gasteiger partial charge in [0.15, 0.2) is 0 Å². The molecule has 2 fully saturated rings. The number of piperidine rings is 1. The first kappa shape index (κ1) is 14.5. The maximum absolute atomic E-state index is 13.0. The van der Waals surface area contributed by atoms with Crippen molar-refractivity contribution < 1.29 is 13.9 Å². The monoisotopic (exact) mass is 292 g/mol. The average Bonchev–Trinajstić information content (AvgIpc) is 2.53. The fourth-order valence-corrected chi connectivity index (χ4v) is 3.25. The van der Waals surface area contributed by atoms with E-state index >= 15 is 0 Å². The van der Waals surface area contributed by atoms with Crippen LogP contribution in [0.25, 0.3) is 0 Å². The highest BCUT2D eigenvalue weighted by atomic mass is 19.1. The van der Waals surface area contributed by atoms with Gasteiger partial charge in [0.2, 0.25) is 0 Å². The van der Waals surface area contributed by atoms with Crippen LogP contribution in [0.5, 0.6) is 0 Å². The molecule has 1 aromatic carbocycles. The van der Waals surface area contributed by atoms with E-state index in [0.29, 0.717) is 18.7 Å². The number of ether oxygens (including phenoxy) is 1. The summed E-state index contributed by atoms with van der Waals surface area (Å²) >= 11 is 0. The van der Waals surface area contributed by atoms with Gasteiger partial charge in [-0.15, -0.1) is 0 Å². The minimum Gasteiger partial charge on any atom is -0.373 e. The number of fused-ring (bicyclic) bond motifs is 1. The van der Waals surface area contributed by atoms with Crippen molar-refractivity contribution in [1.29, 1.82) is 0 Å². The molecule has 21 heavy (non-hydrogen) atoms. The standard InChI is InChI=1S/C16H21FN2O2/c1-2-18-8-7-14-15(11-18)21-10-9-19(14)16(20)12-3-5-13(17)6-4-12/h3-6,14-15H,2,7-11H2,1H3/t14-,15+/m0/s1. The van der Waals surface area contributed by atoms with Crippen LogP contribution < -0.4 is 0 Å². The lowest BCUT2D eigenvalue weighted by atomic mass is 9.97. The molecule has 0 aliphatic carbocycles. The second-order valence-corrected chi connectivity index (χ2v) is 5.66. The van der Waals surface area contributed by atoms with Crippen LogP contribution in [0.2, 0.25) is 0 Å². The number of carbonyl (C=O) groups excluding carboxylic acids is 1. The molecule has 0 saturated carbocycles. The minimum absolute atomic E-state index is 0.0155. The van der Waals surface area contributed by atoms with Crippen LogP contribution in [-0.4, -0.2) is 60.6 Å². The third-order valence-corrected chi connectivity index (χ3v) is 4.47. The Bertz CT molecular complexity index is 506. The smallest absolute Gasteiger partial charge is 0.254 e. The molecule has 2 heterocycles. The lowest BCUT2D eigenvalue weighted by molar-refractivity contribution is -0.0912. The van der Waals surface area contributed by atoms with E-state index in [1.54, 1.807) is 12.1 Å². The normalized spacial score (nSPS) is 26.5. The van der Waals surface area contributed by atoms with Crippen LogP contribution in [0.3, 0.4) is 0 Å². The Morgan fingerprint density at radius 2 is 2.10 bits per heavy atom. The quantitative estimate of drug-likeness (QED) is 0.833. The van der Waals surface area contributed by atoms with Gasteiger partial charge in [0.1, 0.15) is 5.82 Å². The lowest BCUT2D eigenvalue weighted by Gasteiger charge is -2.46. The van der Waals surface area contributed by atoms with Crippen molar-refractivity contribution in [3.63, 3.8) is 0 Å². The van der Waals surface area contributed by atoms with Crippen LogP contribution >= 0.6 is 0 Å². The van der Waals surface area contributed by atoms with Gasteiger partial charge in [0.25, 0.3) is 5.91 Å². The number of hydrogen-bond donors (Lipinski definition) is 0. The van der Waals surface area contributed by atoms with Gasteiger partial charge in [0.05, 0.1) is 18.8 Å². The molecule has 1 aromatic rings. The van der Waals surface area contributed by atoms with Crippen molar-refractivity contribution in [1.82, 2.24) is 9.80 Å². The summed E-state index contributed by atoms with van der Waals surface area (Å²) in [6, 6.07) is 5.93. The molecule has 2 atom stereocenters. The van der Waals surface area contributed by atoms with Crippen LogP contribution in [0, 0.1) is 5.82 Å². The van der Waals surface area contributed by atoms with Gasteiger partial charge < -0.3 is 14.5 Å². The molecule has 114 valence electrons. The highest BCUT2D eigenvalue weighted by Gasteiger charge is 2.38. The third kappa shape index (κ3) is 2.94. The molecule has 4 nitrogen and oxygen atoms in total. The number of halogens is 1. The van der Waals surface area contributed by atoms with Gasteiger partial charge in [-0.1, -0.05) is 6.92 Å². The van der Waals surface area contributed by atoms with E-state index in [4.69, 9.17) is 4.74 Å². The second-order valence-electron chi connectivity index (χ2n) is 5.66. The molecular weight excluding hydrogens is 271 g/mol. The second kappa shape index (κ2) is 6.12. The summed E-state index contributed by atoms with van der Waals surface area (Å²) in [4.78, 5) is 16.9. The first-order valence-corrected chi connectivity index (χ1v) is 7.59. The topological polar surface area (TPSA) is 32.8 Å². The van der Waals surface area contributed by atoms with Crippen LogP contribution in [0.15, 0.2) is 24.3 Å². The highest BCUT2D eigenvalue weighted by Crippen LogP contribution is 2.24. The SMILES string of the molecule is CCN1CC[C@H]2[C@@H](C1)OCCN2C(=O)c1ccc(F)cc1. The van der Waals surface area contributed by atoms with E-state index in [1.807, 2.05) is 4.90 Å². The summed E-state index contributed by atoms with van der Waals surface area (Å²) in [5.41, 5.74) is 0.551. The number of likely N-dealkylation sites (N-methyl/N-ethyl adjacent to an activating group) is 1. The zero-order valence-electron chi connectivity index (χ0n) is 12.3. The van der Waals surface area contributed by atoms with E-state index < -0.39 is 0 Å². The first-order chi connectivity index (χ1) is 10.2. The average molecular weight is 292 g/mol. The number of nitrogens with zero attached hydrogens (tertiary/aromatic N) is 2. The van der Waals surface area contributed by atoms with Crippen molar-refractivity contribution in [2.75, 3.05) is 32.8 Å². The zero-order valence-corrected chi connectivity index (χ0v) is 12.3. The Morgan fingerprint density at radius 3 is 2.81 bits per heavy atom. The molecule has 0 radical (unpaired) electrons. The molecule has 5 heteroatoms. The van der Waals surface area contributed by atoms with Crippen LogP contribution in [-0.2, 0) is 4.74 Å². The molecule has 2 aliphatic rings. The Morgan fingerprint density at radius 1 is 1.33 bits per heavy atom. The van der Waals surface area contributed by atoms with E-state index in [-0.39, 0.29) is 23.9 Å². The third-order valence-electron chi connectivity index (χ3n) is 4.47. The van der Waals surface area contributed by atoms with Crippen molar-refractivity contribution >= 4 is 5.91 Å². The molecule has 0 unspecified atom stereocenters. The summed E-state index contributed by atoms with van der Waals surface area (Å²) < 4.78 is 18.8. The number of hydrogen-bond acceptors (Lipinski definition) is 3. The van der Waals surface area contributed by atoms with E-state index in [9.17, 15) is 9.18 Å². The van der Waals surface area contributed by atoms with Crippen LogP contribution in [0.4, 0.5) is 4.39 Å². The van der Waals surface area contributed by atoms with Crippen molar-refractivity contribution in [3.05, 3.63) is 35.6 Å². The molecule has 0 spiro atoms. The van der Waals surface area contributed by atoms with Crippen LogP contribution in [0.1, 0.15) is 23.7 Å². The fourth-order valence-electron chi connectivity index (χ4n) is 3.25. The van der Waals surface area contributed by atoms with E-state index in [1.165, 1.54) is 12.1 Å². The molecule has 2 saturated heterocycles. The Hall–Kier alpha value is -1.46. The number of rotatable bonds is 2. The van der Waals surface area contributed by atoms with Crippen molar-refractivity contribution in [2.45, 2.75) is 25.5 Å². The van der Waals surface area contributed by atoms with Gasteiger partial charge in [0, 0.05) is 25.2 Å². The maximum atomic E-state index is 13.0. The van der Waals surface area contributed by atoms with Crippen molar-refractivity contribution in [3.8, 4) is 0 Å². The molecule has 2 aliphatic heterocycles. The van der Waals surface area contributed by atoms with Gasteiger partial charge in [-0.2, -0.15) is 0 Å². The summed E-state index contributed by atoms with van der Waals surface area (Å²) in [6.45, 7) is 6.22. The van der Waals surface area contributed by atoms with Crippen molar-refractivity contribution in [2.24, 2.45) is 0 Å². The van der Waals surface area contributed by atoms with Gasteiger partial charge in [-0.3, -0.25) is 4.79 Å². The summed E-state index contributed by atoms with van der Waals surface area (Å²) in [5.74, 6) is -0.332. The Balaban J connectivity index is 1.75. The summed E-state index contributed by atoms with van der Waals surface area (Å²) in [5, 5.41) is 0. The van der Waals surface area contributed by atoms with Gasteiger partial charge in [-0.25, -0.2) is 4.39 Å². The highest BCUT2D eigenvalue weighted by molar-refractivity contribution is 5.94. The number of likely N-dealkylation sites (tertiary alicyclic amines) is 1. The molecule has 3 rings (SSSR count). The molecule has 0 aromatic heterocycles. The maximum Gasteiger partial charge on any atom is 0.254 e. The number of benzene rings is 1. The largest absolute Gasteiger partial charge is 0.373 e. The number of morpholine rings is 1. The fraction of sp³-hybridized carbons (Fsp3) is 0.562. The van der Waals surface area contributed by atoms with Gasteiger partial charge >= 0.3 is 0 Å². The Labute approximate surface area is 124 Å². The first-order valence-electron chi connectivity index (χ1n) is 7.59. The summed E-state index contributed by atoms with van der Waals surface area (Å²) in [7, 11) is 0. The summed E-state index contributed by atoms with van der Waals surface area (Å²) in [6.07, 6.45) is 1.03. The minimum atomic E-state index is -0.317. The van der Waals surface area contributed by atoms with E-state index in [2.05, 4.69) is 11.8 Å². The number of amides is 1. The predicted octanol–water partition coefficient (Wildman–Crippen LogP) is 1.76. The molecule has 0 N–H and O–H groups in total. The lowest BCUT2D eigenvalue weighted by Crippen LogP contribution is -2.60. The van der Waals surface area contributed by atoms with Gasteiger partial charge in [-0.05, 0) is 37.2 Å². The van der Waals surface area contributed by atoms with E-state index in [0.717, 1.165) is 26.1 Å². The zero-order chi connectivity index (χ0) is 14.8. The number of carbonyl (C=O) groups is 1. The molecular formula is C16H21FN2O2. The predicted molar refractivity (Wildman–Crippen MR) is 77.7 cm³/mol. The molecule has 0 bridgehead atoms. The molecule has 1 amide bonds.